The van der Waals surface area contributed by atoms with Gasteiger partial charge in [0, 0.05) is 24.7 Å². The lowest BCUT2D eigenvalue weighted by atomic mass is 10.1. The molecule has 1 aromatic rings. The van der Waals surface area contributed by atoms with E-state index in [2.05, 4.69) is 16.0 Å². The molecule has 0 saturated heterocycles. The van der Waals surface area contributed by atoms with Gasteiger partial charge in [0.25, 0.3) is 0 Å². The van der Waals surface area contributed by atoms with Gasteiger partial charge in [0.1, 0.15) is 0 Å². The van der Waals surface area contributed by atoms with Gasteiger partial charge < -0.3 is 16.0 Å². The Balaban J connectivity index is 2.63. The Labute approximate surface area is 126 Å². The van der Waals surface area contributed by atoms with Crippen molar-refractivity contribution in [1.82, 2.24) is 10.6 Å². The maximum atomic E-state index is 12.0. The minimum Gasteiger partial charge on any atom is -0.350 e. The fourth-order valence-corrected chi connectivity index (χ4v) is 1.82. The molecule has 0 spiro atoms. The number of benzene rings is 1. The average Bonchev–Trinajstić information content (AvgIpc) is 2.34. The van der Waals surface area contributed by atoms with E-state index in [0.717, 1.165) is 11.3 Å². The molecule has 1 atom stereocenters. The Morgan fingerprint density at radius 2 is 1.81 bits per heavy atom. The number of para-hydroxylation sites is 1. The molecule has 116 valence electrons. The van der Waals surface area contributed by atoms with E-state index >= 15 is 0 Å². The molecule has 1 rings (SSSR count). The quantitative estimate of drug-likeness (QED) is 0.777. The standard InChI is InChI=1S/C16H25N3O2/c1-11(15(21)19-16(3,4)5)17-10-13-8-6-7-9-14(13)18-12(2)20/h6-9,11,17H,10H2,1-5H3,(H,18,20)(H,19,21). The van der Waals surface area contributed by atoms with E-state index in [1.807, 2.05) is 52.0 Å². The summed E-state index contributed by atoms with van der Waals surface area (Å²) in [5.41, 5.74) is 1.46. The Hall–Kier alpha value is -1.88. The molecule has 0 bridgehead atoms. The van der Waals surface area contributed by atoms with Crippen LogP contribution in [0.2, 0.25) is 0 Å². The number of hydrogen-bond donors (Lipinski definition) is 3. The van der Waals surface area contributed by atoms with Gasteiger partial charge in [-0.3, -0.25) is 9.59 Å². The molecule has 5 heteroatoms. The molecule has 2 amide bonds. The largest absolute Gasteiger partial charge is 0.350 e. The first-order valence-electron chi connectivity index (χ1n) is 7.10. The highest BCUT2D eigenvalue weighted by Gasteiger charge is 2.18. The van der Waals surface area contributed by atoms with Crippen molar-refractivity contribution >= 4 is 17.5 Å². The van der Waals surface area contributed by atoms with Crippen molar-refractivity contribution < 1.29 is 9.59 Å². The molecule has 21 heavy (non-hydrogen) atoms. The number of carbonyl (C=O) groups is 2. The van der Waals surface area contributed by atoms with Gasteiger partial charge >= 0.3 is 0 Å². The van der Waals surface area contributed by atoms with Crippen molar-refractivity contribution in [3.05, 3.63) is 29.8 Å². The number of carbonyl (C=O) groups excluding carboxylic acids is 2. The van der Waals surface area contributed by atoms with Crippen molar-refractivity contribution in [2.45, 2.75) is 52.7 Å². The second-order valence-electron chi connectivity index (χ2n) is 6.18. The molecule has 0 saturated carbocycles. The SMILES string of the molecule is CC(=O)Nc1ccccc1CNC(C)C(=O)NC(C)(C)C. The van der Waals surface area contributed by atoms with Gasteiger partial charge in [0.05, 0.1) is 6.04 Å². The Bertz CT molecular complexity index is 506. The Kier molecular flexibility index (Phi) is 5.90. The summed E-state index contributed by atoms with van der Waals surface area (Å²) in [6, 6.07) is 7.23. The van der Waals surface area contributed by atoms with Gasteiger partial charge in [0.15, 0.2) is 0 Å². The van der Waals surface area contributed by atoms with E-state index in [0.29, 0.717) is 6.54 Å². The van der Waals surface area contributed by atoms with Crippen LogP contribution in [0.25, 0.3) is 0 Å². The van der Waals surface area contributed by atoms with Gasteiger partial charge in [0.2, 0.25) is 11.8 Å². The summed E-state index contributed by atoms with van der Waals surface area (Å²) in [6.45, 7) is 9.65. The Morgan fingerprint density at radius 3 is 2.38 bits per heavy atom. The number of hydrogen-bond acceptors (Lipinski definition) is 3. The maximum Gasteiger partial charge on any atom is 0.237 e. The highest BCUT2D eigenvalue weighted by atomic mass is 16.2. The lowest BCUT2D eigenvalue weighted by Crippen LogP contribution is -2.49. The molecule has 0 radical (unpaired) electrons. The molecule has 1 aromatic carbocycles. The van der Waals surface area contributed by atoms with Crippen LogP contribution in [-0.4, -0.2) is 23.4 Å². The summed E-state index contributed by atoms with van der Waals surface area (Å²) in [4.78, 5) is 23.2. The first-order chi connectivity index (χ1) is 9.69. The zero-order chi connectivity index (χ0) is 16.0. The summed E-state index contributed by atoms with van der Waals surface area (Å²) >= 11 is 0. The van der Waals surface area contributed by atoms with Crippen LogP contribution < -0.4 is 16.0 Å². The summed E-state index contributed by atoms with van der Waals surface area (Å²) in [6.07, 6.45) is 0. The lowest BCUT2D eigenvalue weighted by molar-refractivity contribution is -0.124. The lowest BCUT2D eigenvalue weighted by Gasteiger charge is -2.24. The van der Waals surface area contributed by atoms with Crippen molar-refractivity contribution in [2.75, 3.05) is 5.32 Å². The van der Waals surface area contributed by atoms with Gasteiger partial charge in [-0.1, -0.05) is 18.2 Å². The molecule has 0 aromatic heterocycles. The molecule has 3 N–H and O–H groups in total. The van der Waals surface area contributed by atoms with E-state index in [4.69, 9.17) is 0 Å². The zero-order valence-electron chi connectivity index (χ0n) is 13.4. The smallest absolute Gasteiger partial charge is 0.237 e. The summed E-state index contributed by atoms with van der Waals surface area (Å²) in [5.74, 6) is -0.152. The van der Waals surface area contributed by atoms with Crippen molar-refractivity contribution in [1.29, 1.82) is 0 Å². The molecule has 0 aliphatic rings. The van der Waals surface area contributed by atoms with E-state index in [1.54, 1.807) is 0 Å². The molecular weight excluding hydrogens is 266 g/mol. The van der Waals surface area contributed by atoms with Crippen molar-refractivity contribution in [3.63, 3.8) is 0 Å². The van der Waals surface area contributed by atoms with Crippen LogP contribution >= 0.6 is 0 Å². The van der Waals surface area contributed by atoms with E-state index < -0.39 is 0 Å². The predicted molar refractivity (Wildman–Crippen MR) is 84.9 cm³/mol. The third-order valence-electron chi connectivity index (χ3n) is 2.82. The van der Waals surface area contributed by atoms with E-state index in [1.165, 1.54) is 6.92 Å². The van der Waals surface area contributed by atoms with Crippen LogP contribution in [-0.2, 0) is 16.1 Å². The van der Waals surface area contributed by atoms with Crippen molar-refractivity contribution in [3.8, 4) is 0 Å². The highest BCUT2D eigenvalue weighted by molar-refractivity contribution is 5.89. The summed E-state index contributed by atoms with van der Waals surface area (Å²) in [7, 11) is 0. The van der Waals surface area contributed by atoms with Crippen LogP contribution in [0.3, 0.4) is 0 Å². The van der Waals surface area contributed by atoms with Crippen molar-refractivity contribution in [2.24, 2.45) is 0 Å². The van der Waals surface area contributed by atoms with E-state index in [-0.39, 0.29) is 23.4 Å². The second-order valence-corrected chi connectivity index (χ2v) is 6.18. The predicted octanol–water partition coefficient (Wildman–Crippen LogP) is 2.04. The van der Waals surface area contributed by atoms with Gasteiger partial charge in [-0.25, -0.2) is 0 Å². The fraction of sp³-hybridized carbons (Fsp3) is 0.500. The first-order valence-corrected chi connectivity index (χ1v) is 7.10. The number of rotatable bonds is 5. The minimum atomic E-state index is -0.311. The first kappa shape index (κ1) is 17.2. The molecule has 0 aliphatic carbocycles. The Morgan fingerprint density at radius 1 is 1.19 bits per heavy atom. The number of amides is 2. The van der Waals surface area contributed by atoms with Gasteiger partial charge in [-0.2, -0.15) is 0 Å². The van der Waals surface area contributed by atoms with Crippen LogP contribution in [0.4, 0.5) is 5.69 Å². The van der Waals surface area contributed by atoms with Gasteiger partial charge in [-0.15, -0.1) is 0 Å². The molecule has 0 fully saturated rings. The zero-order valence-corrected chi connectivity index (χ0v) is 13.4. The maximum absolute atomic E-state index is 12.0. The number of nitrogens with one attached hydrogen (secondary N) is 3. The minimum absolute atomic E-state index is 0.0421. The molecule has 5 nitrogen and oxygen atoms in total. The van der Waals surface area contributed by atoms with Crippen LogP contribution in [0.1, 0.15) is 40.2 Å². The van der Waals surface area contributed by atoms with Crippen LogP contribution in [0, 0.1) is 0 Å². The topological polar surface area (TPSA) is 70.2 Å². The average molecular weight is 291 g/mol. The molecule has 1 unspecified atom stereocenters. The van der Waals surface area contributed by atoms with E-state index in [9.17, 15) is 9.59 Å². The monoisotopic (exact) mass is 291 g/mol. The van der Waals surface area contributed by atoms with Crippen LogP contribution in [0.15, 0.2) is 24.3 Å². The van der Waals surface area contributed by atoms with Gasteiger partial charge in [-0.05, 0) is 39.3 Å². The normalized spacial score (nSPS) is 12.6. The molecular formula is C16H25N3O2. The third kappa shape index (κ3) is 6.40. The van der Waals surface area contributed by atoms with Crippen LogP contribution in [0.5, 0.6) is 0 Å². The fourth-order valence-electron chi connectivity index (χ4n) is 1.82. The molecule has 0 heterocycles. The third-order valence-corrected chi connectivity index (χ3v) is 2.82. The summed E-state index contributed by atoms with van der Waals surface area (Å²) < 4.78 is 0. The highest BCUT2D eigenvalue weighted by Crippen LogP contribution is 2.14. The second kappa shape index (κ2) is 7.22. The summed E-state index contributed by atoms with van der Waals surface area (Å²) in [5, 5.41) is 8.89. The number of anilines is 1. The molecule has 0 aliphatic heterocycles.